The van der Waals surface area contributed by atoms with Gasteiger partial charge in [-0.3, -0.25) is 4.79 Å². The Morgan fingerprint density at radius 3 is 2.69 bits per heavy atom. The highest BCUT2D eigenvalue weighted by Gasteiger charge is 2.31. The third kappa shape index (κ3) is 6.83. The molecule has 29 heavy (non-hydrogen) atoms. The molecule has 1 heterocycles. The summed E-state index contributed by atoms with van der Waals surface area (Å²) >= 11 is 0. The Morgan fingerprint density at radius 2 is 2.00 bits per heavy atom. The lowest BCUT2D eigenvalue weighted by Crippen LogP contribution is -2.45. The quantitative estimate of drug-likeness (QED) is 0.354. The first-order valence-electron chi connectivity index (χ1n) is 10.7. The van der Waals surface area contributed by atoms with Crippen molar-refractivity contribution in [2.24, 2.45) is 10.9 Å². The number of hydrogen-bond donors (Lipinski definition) is 2. The fourth-order valence-corrected chi connectivity index (χ4v) is 4.17. The minimum Gasteiger partial charge on any atom is -0.357 e. The first-order chi connectivity index (χ1) is 13.6. The van der Waals surface area contributed by atoms with Crippen molar-refractivity contribution in [1.82, 2.24) is 15.5 Å². The van der Waals surface area contributed by atoms with E-state index in [4.69, 9.17) is 0 Å². The van der Waals surface area contributed by atoms with E-state index in [0.717, 1.165) is 50.4 Å². The molecule has 1 aliphatic carbocycles. The van der Waals surface area contributed by atoms with Crippen molar-refractivity contribution >= 4 is 35.8 Å². The average molecular weight is 516 g/mol. The van der Waals surface area contributed by atoms with Crippen molar-refractivity contribution in [3.8, 4) is 0 Å². The Balaban J connectivity index is 0.00000300. The molecule has 5 nitrogen and oxygen atoms in total. The van der Waals surface area contributed by atoms with Gasteiger partial charge in [0.15, 0.2) is 5.96 Å². The molecular formula is C22H34FIN4O. The second kappa shape index (κ2) is 11.7. The first-order valence-corrected chi connectivity index (χ1v) is 10.7. The van der Waals surface area contributed by atoms with Crippen LogP contribution in [0, 0.1) is 18.7 Å². The molecule has 1 amide bonds. The summed E-state index contributed by atoms with van der Waals surface area (Å²) in [6, 6.07) is 5.32. The Labute approximate surface area is 190 Å². The highest BCUT2D eigenvalue weighted by Crippen LogP contribution is 2.26. The van der Waals surface area contributed by atoms with Crippen molar-refractivity contribution in [2.45, 2.75) is 65.0 Å². The summed E-state index contributed by atoms with van der Waals surface area (Å²) in [5.74, 6) is 1.14. The van der Waals surface area contributed by atoms with Crippen LogP contribution in [0.3, 0.4) is 0 Å². The normalized spacial score (nSPS) is 20.3. The van der Waals surface area contributed by atoms with E-state index >= 15 is 0 Å². The van der Waals surface area contributed by atoms with Crippen LogP contribution in [-0.4, -0.2) is 42.4 Å². The molecular weight excluding hydrogens is 482 g/mol. The predicted octanol–water partition coefficient (Wildman–Crippen LogP) is 3.99. The summed E-state index contributed by atoms with van der Waals surface area (Å²) in [6.07, 6.45) is 6.68. The number of halogens is 2. The lowest BCUT2D eigenvalue weighted by Gasteiger charge is -2.26. The van der Waals surface area contributed by atoms with Crippen molar-refractivity contribution in [2.75, 3.05) is 19.6 Å². The Bertz CT molecular complexity index is 706. The second-order valence-electron chi connectivity index (χ2n) is 8.03. The van der Waals surface area contributed by atoms with Gasteiger partial charge in [-0.15, -0.1) is 24.0 Å². The molecule has 1 aromatic carbocycles. The molecule has 1 atom stereocenters. The van der Waals surface area contributed by atoms with E-state index in [2.05, 4.69) is 15.6 Å². The van der Waals surface area contributed by atoms with E-state index in [-0.39, 0.29) is 41.8 Å². The van der Waals surface area contributed by atoms with E-state index in [1.807, 2.05) is 17.9 Å². The summed E-state index contributed by atoms with van der Waals surface area (Å²) in [7, 11) is 0. The number of likely N-dealkylation sites (tertiary alicyclic amines) is 1. The van der Waals surface area contributed by atoms with E-state index < -0.39 is 0 Å². The number of nitrogens with one attached hydrogen (secondary N) is 2. The summed E-state index contributed by atoms with van der Waals surface area (Å²) < 4.78 is 13.4. The van der Waals surface area contributed by atoms with Gasteiger partial charge in [-0.05, 0) is 50.3 Å². The zero-order chi connectivity index (χ0) is 19.9. The van der Waals surface area contributed by atoms with Gasteiger partial charge in [0.05, 0.1) is 6.54 Å². The van der Waals surface area contributed by atoms with Crippen LogP contribution < -0.4 is 10.6 Å². The third-order valence-electron chi connectivity index (χ3n) is 5.78. The average Bonchev–Trinajstić information content (AvgIpc) is 3.17. The first kappa shape index (κ1) is 23.9. The maximum atomic E-state index is 13.4. The van der Waals surface area contributed by atoms with Crippen molar-refractivity contribution in [3.63, 3.8) is 0 Å². The lowest BCUT2D eigenvalue weighted by atomic mass is 9.88. The van der Waals surface area contributed by atoms with E-state index in [9.17, 15) is 9.18 Å². The highest BCUT2D eigenvalue weighted by atomic mass is 127. The molecule has 2 aliphatic rings. The third-order valence-corrected chi connectivity index (χ3v) is 5.78. The zero-order valence-electron chi connectivity index (χ0n) is 17.5. The molecule has 162 valence electrons. The molecule has 1 aliphatic heterocycles. The van der Waals surface area contributed by atoms with Gasteiger partial charge in [-0.2, -0.15) is 0 Å². The molecule has 2 fully saturated rings. The number of benzene rings is 1. The van der Waals surface area contributed by atoms with Crippen LogP contribution in [0.1, 0.15) is 56.6 Å². The predicted molar refractivity (Wildman–Crippen MR) is 126 cm³/mol. The molecule has 0 aromatic heterocycles. The molecule has 3 rings (SSSR count). The SMILES string of the molecule is CCNC(=NCc1ccc(F)c(C)c1)NC1CCN(C(=O)C2CCCCC2)C1.I. The lowest BCUT2D eigenvalue weighted by molar-refractivity contribution is -0.135. The van der Waals surface area contributed by atoms with Crippen LogP contribution in [0.2, 0.25) is 0 Å². The maximum absolute atomic E-state index is 13.4. The number of carbonyl (C=O) groups is 1. The zero-order valence-corrected chi connectivity index (χ0v) is 19.9. The smallest absolute Gasteiger partial charge is 0.225 e. The number of amides is 1. The van der Waals surface area contributed by atoms with Crippen LogP contribution >= 0.6 is 24.0 Å². The van der Waals surface area contributed by atoms with Crippen LogP contribution in [0.15, 0.2) is 23.2 Å². The van der Waals surface area contributed by atoms with Gasteiger partial charge < -0.3 is 15.5 Å². The fraction of sp³-hybridized carbons (Fsp3) is 0.636. The molecule has 7 heteroatoms. The number of aliphatic imine (C=N–C) groups is 1. The number of nitrogens with zero attached hydrogens (tertiary/aromatic N) is 2. The largest absolute Gasteiger partial charge is 0.357 e. The number of guanidine groups is 1. The van der Waals surface area contributed by atoms with Crippen LogP contribution in [0.25, 0.3) is 0 Å². The van der Waals surface area contributed by atoms with E-state index in [1.165, 1.54) is 25.3 Å². The van der Waals surface area contributed by atoms with Gasteiger partial charge in [0, 0.05) is 31.6 Å². The van der Waals surface area contributed by atoms with Gasteiger partial charge in [0.25, 0.3) is 0 Å². The second-order valence-corrected chi connectivity index (χ2v) is 8.03. The molecule has 2 N–H and O–H groups in total. The van der Waals surface area contributed by atoms with E-state index in [0.29, 0.717) is 18.0 Å². The van der Waals surface area contributed by atoms with Crippen LogP contribution in [-0.2, 0) is 11.3 Å². The topological polar surface area (TPSA) is 56.7 Å². The Hall–Kier alpha value is -1.38. The number of carbonyl (C=O) groups excluding carboxylic acids is 1. The Kier molecular flexibility index (Phi) is 9.65. The van der Waals surface area contributed by atoms with Crippen molar-refractivity contribution in [3.05, 3.63) is 35.1 Å². The van der Waals surface area contributed by atoms with Crippen LogP contribution in [0.4, 0.5) is 4.39 Å². The summed E-state index contributed by atoms with van der Waals surface area (Å²) in [6.45, 7) is 6.63. The maximum Gasteiger partial charge on any atom is 0.225 e. The summed E-state index contributed by atoms with van der Waals surface area (Å²) in [4.78, 5) is 19.4. The number of rotatable bonds is 5. The fourth-order valence-electron chi connectivity index (χ4n) is 4.17. The molecule has 1 saturated carbocycles. The molecule has 0 radical (unpaired) electrons. The summed E-state index contributed by atoms with van der Waals surface area (Å²) in [5.41, 5.74) is 1.62. The minimum atomic E-state index is -0.188. The monoisotopic (exact) mass is 516 g/mol. The van der Waals surface area contributed by atoms with Gasteiger partial charge in [0.1, 0.15) is 5.82 Å². The van der Waals surface area contributed by atoms with Gasteiger partial charge in [-0.1, -0.05) is 31.4 Å². The van der Waals surface area contributed by atoms with Crippen molar-refractivity contribution < 1.29 is 9.18 Å². The van der Waals surface area contributed by atoms with Crippen molar-refractivity contribution in [1.29, 1.82) is 0 Å². The molecule has 0 spiro atoms. The number of aryl methyl sites for hydroxylation is 1. The Morgan fingerprint density at radius 1 is 1.24 bits per heavy atom. The van der Waals surface area contributed by atoms with Gasteiger partial charge >= 0.3 is 0 Å². The molecule has 1 unspecified atom stereocenters. The molecule has 1 saturated heterocycles. The summed E-state index contributed by atoms with van der Waals surface area (Å²) in [5, 5.41) is 6.75. The molecule has 1 aromatic rings. The van der Waals surface area contributed by atoms with Gasteiger partial charge in [-0.25, -0.2) is 9.38 Å². The number of hydrogen-bond acceptors (Lipinski definition) is 2. The van der Waals surface area contributed by atoms with Gasteiger partial charge in [0.2, 0.25) is 5.91 Å². The van der Waals surface area contributed by atoms with Crippen LogP contribution in [0.5, 0.6) is 0 Å². The van der Waals surface area contributed by atoms with E-state index in [1.54, 1.807) is 13.0 Å². The standard InChI is InChI=1S/C22H33FN4O.HI/c1-3-24-22(25-14-17-9-10-20(23)16(2)13-17)26-19-11-12-27(15-19)21(28)18-7-5-4-6-8-18;/h9-10,13,18-19H,3-8,11-12,14-15H2,1-2H3,(H2,24,25,26);1H. The molecule has 0 bridgehead atoms. The highest BCUT2D eigenvalue weighted by molar-refractivity contribution is 14.0. The minimum absolute atomic E-state index is 0.